The van der Waals surface area contributed by atoms with Crippen LogP contribution < -0.4 is 11.1 Å². The van der Waals surface area contributed by atoms with Crippen LogP contribution in [0.4, 0.5) is 5.82 Å². The van der Waals surface area contributed by atoms with E-state index in [-0.39, 0.29) is 23.5 Å². The number of benzene rings is 1. The summed E-state index contributed by atoms with van der Waals surface area (Å²) in [5.74, 6) is 0.396. The lowest BCUT2D eigenvalue weighted by Crippen LogP contribution is -2.43. The molecule has 3 N–H and O–H groups in total. The zero-order valence-electron chi connectivity index (χ0n) is 19.5. The molecular formula is C25H29N7O2. The van der Waals surface area contributed by atoms with Crippen molar-refractivity contribution >= 4 is 22.8 Å². The summed E-state index contributed by atoms with van der Waals surface area (Å²) in [6.45, 7) is 3.92. The molecule has 3 aromatic heterocycles. The quantitative estimate of drug-likeness (QED) is 0.479. The van der Waals surface area contributed by atoms with Crippen LogP contribution in [0.5, 0.6) is 0 Å². The van der Waals surface area contributed by atoms with Crippen LogP contribution in [0.15, 0.2) is 47.1 Å². The Labute approximate surface area is 198 Å². The number of aromatic nitrogens is 4. The van der Waals surface area contributed by atoms with Gasteiger partial charge in [0.05, 0.1) is 6.20 Å². The summed E-state index contributed by atoms with van der Waals surface area (Å²) in [5.41, 5.74) is 10.1. The lowest BCUT2D eigenvalue weighted by Gasteiger charge is -2.27. The lowest BCUT2D eigenvalue weighted by atomic mass is 10.0. The third-order valence-electron chi connectivity index (χ3n) is 6.21. The van der Waals surface area contributed by atoms with Crippen molar-refractivity contribution < 1.29 is 9.21 Å². The zero-order valence-corrected chi connectivity index (χ0v) is 19.5. The van der Waals surface area contributed by atoms with Crippen molar-refractivity contribution in [2.24, 2.45) is 0 Å². The second-order valence-corrected chi connectivity index (χ2v) is 9.06. The number of likely N-dealkylation sites (tertiary alicyclic amines) is 1. The van der Waals surface area contributed by atoms with E-state index >= 15 is 0 Å². The second-order valence-electron chi connectivity index (χ2n) is 9.06. The molecule has 1 saturated heterocycles. The van der Waals surface area contributed by atoms with Gasteiger partial charge in [-0.3, -0.25) is 4.79 Å². The fraction of sp³-hybridized carbons (Fsp3) is 0.360. The van der Waals surface area contributed by atoms with E-state index in [1.165, 1.54) is 18.4 Å². The summed E-state index contributed by atoms with van der Waals surface area (Å²) >= 11 is 0. The van der Waals surface area contributed by atoms with E-state index in [0.29, 0.717) is 17.0 Å². The minimum atomic E-state index is -0.265. The van der Waals surface area contributed by atoms with E-state index in [2.05, 4.69) is 38.4 Å². The van der Waals surface area contributed by atoms with E-state index in [0.717, 1.165) is 37.1 Å². The third-order valence-corrected chi connectivity index (χ3v) is 6.21. The van der Waals surface area contributed by atoms with E-state index in [9.17, 15) is 4.79 Å². The van der Waals surface area contributed by atoms with Crippen LogP contribution in [0.25, 0.3) is 28.2 Å². The average Bonchev–Trinajstić information content (AvgIpc) is 3.45. The number of carbonyl (C=O) groups is 1. The van der Waals surface area contributed by atoms with Crippen molar-refractivity contribution in [3.8, 4) is 17.1 Å². The standard InChI is InChI=1S/C25H29N7O2/c1-16-7-6-8-17(11-16)18-13-27-32(14-18)25-29-20-12-21(34-22(20)23(26)30-25)24(33)28-19-9-4-3-5-10-31(2)15-19/h6-8,11-14,19H,3-5,9-10,15H2,1-2H3,(H,28,33)(H2,26,29,30). The Morgan fingerprint density at radius 3 is 2.91 bits per heavy atom. The molecule has 1 unspecified atom stereocenters. The molecule has 1 aliphatic rings. The molecule has 1 atom stereocenters. The predicted molar refractivity (Wildman–Crippen MR) is 131 cm³/mol. The molecule has 1 aromatic carbocycles. The van der Waals surface area contributed by atoms with Gasteiger partial charge in [0.1, 0.15) is 5.52 Å². The van der Waals surface area contributed by atoms with Crippen molar-refractivity contribution in [2.45, 2.75) is 38.6 Å². The first-order chi connectivity index (χ1) is 16.5. The number of rotatable bonds is 4. The van der Waals surface area contributed by atoms with Gasteiger partial charge >= 0.3 is 0 Å². The predicted octanol–water partition coefficient (Wildman–Crippen LogP) is 3.57. The number of hydrogen-bond donors (Lipinski definition) is 2. The minimum Gasteiger partial charge on any atom is -0.445 e. The van der Waals surface area contributed by atoms with Crippen LogP contribution in [0.1, 0.15) is 41.8 Å². The topological polar surface area (TPSA) is 115 Å². The summed E-state index contributed by atoms with van der Waals surface area (Å²) in [5, 5.41) is 7.51. The molecule has 34 heavy (non-hydrogen) atoms. The number of likely N-dealkylation sites (N-methyl/N-ethyl adjacent to an activating group) is 1. The van der Waals surface area contributed by atoms with Gasteiger partial charge in [0, 0.05) is 30.4 Å². The van der Waals surface area contributed by atoms with Gasteiger partial charge in [-0.1, -0.05) is 42.7 Å². The van der Waals surface area contributed by atoms with Crippen molar-refractivity contribution in [3.05, 3.63) is 54.0 Å². The smallest absolute Gasteiger partial charge is 0.287 e. The van der Waals surface area contributed by atoms with Crippen LogP contribution in [0, 0.1) is 6.92 Å². The molecule has 176 valence electrons. The number of nitrogens with two attached hydrogens (primary N) is 1. The number of aryl methyl sites for hydroxylation is 1. The van der Waals surface area contributed by atoms with Gasteiger partial charge in [-0.2, -0.15) is 10.1 Å². The van der Waals surface area contributed by atoms with Gasteiger partial charge in [-0.15, -0.1) is 0 Å². The van der Waals surface area contributed by atoms with Crippen LogP contribution in [0.2, 0.25) is 0 Å². The van der Waals surface area contributed by atoms with Crippen molar-refractivity contribution in [1.29, 1.82) is 0 Å². The highest BCUT2D eigenvalue weighted by Crippen LogP contribution is 2.25. The number of furan rings is 1. The molecule has 0 spiro atoms. The molecule has 1 amide bonds. The van der Waals surface area contributed by atoms with Gasteiger partial charge in [0.15, 0.2) is 17.2 Å². The molecular weight excluding hydrogens is 430 g/mol. The Kier molecular flexibility index (Phi) is 6.02. The van der Waals surface area contributed by atoms with E-state index in [4.69, 9.17) is 10.2 Å². The first-order valence-electron chi connectivity index (χ1n) is 11.6. The van der Waals surface area contributed by atoms with Crippen LogP contribution >= 0.6 is 0 Å². The molecule has 5 rings (SSSR count). The molecule has 0 saturated carbocycles. The Bertz CT molecular complexity index is 1330. The van der Waals surface area contributed by atoms with Crippen molar-refractivity contribution in [1.82, 2.24) is 30.0 Å². The normalized spacial score (nSPS) is 17.4. The molecule has 0 bridgehead atoms. The SMILES string of the molecule is Cc1cccc(-c2cnn(-c3nc(N)c4oc(C(=O)NC5CCCCCN(C)C5)cc4n3)c2)c1. The largest absolute Gasteiger partial charge is 0.445 e. The average molecular weight is 460 g/mol. The summed E-state index contributed by atoms with van der Waals surface area (Å²) < 4.78 is 7.33. The highest BCUT2D eigenvalue weighted by molar-refractivity contribution is 5.97. The number of nitrogens with one attached hydrogen (secondary N) is 1. The molecule has 0 aliphatic carbocycles. The maximum atomic E-state index is 12.9. The minimum absolute atomic E-state index is 0.0779. The summed E-state index contributed by atoms with van der Waals surface area (Å²) in [6, 6.07) is 9.87. The Morgan fingerprint density at radius 1 is 1.18 bits per heavy atom. The molecule has 4 aromatic rings. The maximum Gasteiger partial charge on any atom is 0.287 e. The van der Waals surface area contributed by atoms with E-state index in [1.54, 1.807) is 16.9 Å². The second kappa shape index (κ2) is 9.26. The van der Waals surface area contributed by atoms with Crippen molar-refractivity contribution in [2.75, 3.05) is 25.9 Å². The molecule has 1 fully saturated rings. The fourth-order valence-electron chi connectivity index (χ4n) is 4.44. The fourth-order valence-corrected chi connectivity index (χ4v) is 4.44. The highest BCUT2D eigenvalue weighted by atomic mass is 16.3. The van der Waals surface area contributed by atoms with Gasteiger partial charge in [-0.05, 0) is 38.9 Å². The monoisotopic (exact) mass is 459 g/mol. The van der Waals surface area contributed by atoms with Crippen LogP contribution in [0.3, 0.4) is 0 Å². The molecule has 0 radical (unpaired) electrons. The van der Waals surface area contributed by atoms with Gasteiger partial charge in [-0.25, -0.2) is 9.67 Å². The van der Waals surface area contributed by atoms with Gasteiger partial charge < -0.3 is 20.4 Å². The maximum absolute atomic E-state index is 12.9. The first kappa shape index (κ1) is 22.1. The number of carbonyl (C=O) groups excluding carboxylic acids is 1. The number of amides is 1. The first-order valence-corrected chi connectivity index (χ1v) is 11.6. The zero-order chi connectivity index (χ0) is 23.7. The van der Waals surface area contributed by atoms with E-state index in [1.807, 2.05) is 31.3 Å². The van der Waals surface area contributed by atoms with E-state index < -0.39 is 0 Å². The summed E-state index contributed by atoms with van der Waals surface area (Å²) in [4.78, 5) is 24.1. The number of fused-ring (bicyclic) bond motifs is 1. The van der Waals surface area contributed by atoms with Gasteiger partial charge in [0.25, 0.3) is 11.9 Å². The van der Waals surface area contributed by atoms with Crippen LogP contribution in [-0.4, -0.2) is 56.7 Å². The number of nitrogens with zero attached hydrogens (tertiary/aromatic N) is 5. The summed E-state index contributed by atoms with van der Waals surface area (Å²) in [6.07, 6.45) is 8.05. The number of anilines is 1. The number of hydrogen-bond acceptors (Lipinski definition) is 7. The third kappa shape index (κ3) is 4.65. The number of nitrogen functional groups attached to an aromatic ring is 1. The Hall–Kier alpha value is -3.72. The summed E-state index contributed by atoms with van der Waals surface area (Å²) in [7, 11) is 2.09. The molecule has 1 aliphatic heterocycles. The molecule has 4 heterocycles. The molecule has 9 nitrogen and oxygen atoms in total. The molecule has 9 heteroatoms. The van der Waals surface area contributed by atoms with Gasteiger partial charge in [0.2, 0.25) is 0 Å². The Balaban J connectivity index is 1.38. The van der Waals surface area contributed by atoms with Crippen molar-refractivity contribution in [3.63, 3.8) is 0 Å². The lowest BCUT2D eigenvalue weighted by molar-refractivity contribution is 0.0895. The highest BCUT2D eigenvalue weighted by Gasteiger charge is 2.22. The Morgan fingerprint density at radius 2 is 2.06 bits per heavy atom. The van der Waals surface area contributed by atoms with Crippen LogP contribution in [-0.2, 0) is 0 Å².